The number of H-pyrrole nitrogens is 1. The molecule has 0 saturated carbocycles. The van der Waals surface area contributed by atoms with Gasteiger partial charge in [-0.2, -0.15) is 0 Å². The van der Waals surface area contributed by atoms with Crippen molar-refractivity contribution in [1.29, 1.82) is 0 Å². The van der Waals surface area contributed by atoms with E-state index in [1.165, 1.54) is 0 Å². The van der Waals surface area contributed by atoms with Crippen LogP contribution < -0.4 is 14.8 Å². The van der Waals surface area contributed by atoms with Crippen LogP contribution in [0.1, 0.15) is 18.1 Å². The molecule has 1 heterocycles. The number of hydrogen-bond donors (Lipinski definition) is 3. The summed E-state index contributed by atoms with van der Waals surface area (Å²) in [5, 5.41) is 13.9. The lowest BCUT2D eigenvalue weighted by molar-refractivity contribution is -0.139. The Bertz CT molecular complexity index is 970. The first-order chi connectivity index (χ1) is 13.5. The highest BCUT2D eigenvalue weighted by Gasteiger charge is 2.20. The van der Waals surface area contributed by atoms with Crippen molar-refractivity contribution in [1.82, 2.24) is 10.3 Å². The van der Waals surface area contributed by atoms with Gasteiger partial charge in [-0.3, -0.25) is 4.79 Å². The molecule has 0 fully saturated rings. The number of nitrogens with one attached hydrogen (secondary N) is 2. The van der Waals surface area contributed by atoms with Gasteiger partial charge in [0.05, 0.1) is 18.2 Å². The number of ether oxygens (including phenoxy) is 2. The molecule has 0 aliphatic rings. The van der Waals surface area contributed by atoms with Crippen LogP contribution in [0.25, 0.3) is 10.9 Å². The zero-order chi connectivity index (χ0) is 20.1. The van der Waals surface area contributed by atoms with Gasteiger partial charge in [-0.1, -0.05) is 18.2 Å². The summed E-state index contributed by atoms with van der Waals surface area (Å²) in [6.45, 7) is 2.81. The highest BCUT2D eigenvalue weighted by molar-refractivity contribution is 9.10. The molecular weight excluding hydrogens is 424 g/mol. The van der Waals surface area contributed by atoms with Crippen LogP contribution in [0.4, 0.5) is 0 Å². The van der Waals surface area contributed by atoms with Gasteiger partial charge in [0.15, 0.2) is 11.5 Å². The molecule has 0 spiro atoms. The molecule has 0 amide bonds. The zero-order valence-electron chi connectivity index (χ0n) is 15.8. The average Bonchev–Trinajstić information content (AvgIpc) is 3.08. The maximum absolute atomic E-state index is 11.8. The van der Waals surface area contributed by atoms with Gasteiger partial charge in [-0.05, 0) is 52.2 Å². The summed E-state index contributed by atoms with van der Waals surface area (Å²) >= 11 is 3.49. The third-order valence-electron chi connectivity index (χ3n) is 4.52. The topological polar surface area (TPSA) is 83.6 Å². The third kappa shape index (κ3) is 4.48. The van der Waals surface area contributed by atoms with Crippen molar-refractivity contribution >= 4 is 32.8 Å². The molecule has 0 radical (unpaired) electrons. The van der Waals surface area contributed by atoms with E-state index in [1.807, 2.05) is 49.5 Å². The number of aliphatic carboxylic acids is 1. The molecule has 1 aromatic heterocycles. The van der Waals surface area contributed by atoms with Crippen LogP contribution in [0.2, 0.25) is 0 Å². The van der Waals surface area contributed by atoms with E-state index in [1.54, 1.807) is 7.11 Å². The minimum Gasteiger partial charge on any atom is -0.492 e. The Morgan fingerprint density at radius 2 is 2.11 bits per heavy atom. The molecule has 6 nitrogen and oxygen atoms in total. The number of rotatable bonds is 9. The van der Waals surface area contributed by atoms with Crippen LogP contribution in [0, 0.1) is 0 Å². The largest absolute Gasteiger partial charge is 0.492 e. The first kappa shape index (κ1) is 20.2. The normalized spacial score (nSPS) is 12.1. The number of para-hydroxylation sites is 1. The van der Waals surface area contributed by atoms with Gasteiger partial charge in [0, 0.05) is 30.1 Å². The van der Waals surface area contributed by atoms with Crippen LogP contribution in [-0.4, -0.2) is 35.8 Å². The van der Waals surface area contributed by atoms with E-state index in [9.17, 15) is 9.90 Å². The Kier molecular flexibility index (Phi) is 6.59. The van der Waals surface area contributed by atoms with E-state index in [0.29, 0.717) is 31.1 Å². The molecular formula is C21H23BrN2O4. The lowest BCUT2D eigenvalue weighted by atomic mass is 10.0. The number of carboxylic acids is 1. The van der Waals surface area contributed by atoms with Crippen LogP contribution >= 0.6 is 15.9 Å². The van der Waals surface area contributed by atoms with Crippen molar-refractivity contribution in [3.05, 3.63) is 58.2 Å². The van der Waals surface area contributed by atoms with Gasteiger partial charge in [0.25, 0.3) is 0 Å². The Morgan fingerprint density at radius 1 is 1.32 bits per heavy atom. The Hall–Kier alpha value is -2.51. The van der Waals surface area contributed by atoms with Crippen molar-refractivity contribution in [2.45, 2.75) is 25.9 Å². The third-order valence-corrected chi connectivity index (χ3v) is 5.11. The molecule has 0 aliphatic carbocycles. The Balaban J connectivity index is 1.76. The maximum atomic E-state index is 11.8. The first-order valence-corrected chi connectivity index (χ1v) is 9.83. The number of carboxylic acid groups (broad SMARTS) is 1. The fraction of sp³-hybridized carbons (Fsp3) is 0.286. The predicted molar refractivity (Wildman–Crippen MR) is 112 cm³/mol. The van der Waals surface area contributed by atoms with Crippen LogP contribution in [0.3, 0.4) is 0 Å². The van der Waals surface area contributed by atoms with E-state index in [2.05, 4.69) is 26.2 Å². The SMILES string of the molecule is CCOc1cc(CNC(Cc2c[nH]c3ccccc23)C(=O)O)cc(Br)c1OC. The summed E-state index contributed by atoms with van der Waals surface area (Å²) in [7, 11) is 1.59. The fourth-order valence-corrected chi connectivity index (χ4v) is 3.84. The monoisotopic (exact) mass is 446 g/mol. The Labute approximate surface area is 172 Å². The number of methoxy groups -OCH3 is 1. The summed E-state index contributed by atoms with van der Waals surface area (Å²) in [6, 6.07) is 10.9. The zero-order valence-corrected chi connectivity index (χ0v) is 17.4. The van der Waals surface area contributed by atoms with Gasteiger partial charge in [0.1, 0.15) is 6.04 Å². The van der Waals surface area contributed by atoms with E-state index >= 15 is 0 Å². The summed E-state index contributed by atoms with van der Waals surface area (Å²) < 4.78 is 11.8. The van der Waals surface area contributed by atoms with Crippen LogP contribution in [-0.2, 0) is 17.8 Å². The molecule has 148 valence electrons. The number of aromatic amines is 1. The highest BCUT2D eigenvalue weighted by Crippen LogP contribution is 2.36. The molecule has 3 rings (SSSR count). The van der Waals surface area contributed by atoms with Gasteiger partial charge in [0.2, 0.25) is 0 Å². The summed E-state index contributed by atoms with van der Waals surface area (Å²) in [5.41, 5.74) is 2.88. The highest BCUT2D eigenvalue weighted by atomic mass is 79.9. The molecule has 1 atom stereocenters. The van der Waals surface area contributed by atoms with Gasteiger partial charge >= 0.3 is 5.97 Å². The predicted octanol–water partition coefficient (Wildman–Crippen LogP) is 4.12. The summed E-state index contributed by atoms with van der Waals surface area (Å²) in [6.07, 6.45) is 2.26. The van der Waals surface area contributed by atoms with Crippen molar-refractivity contribution in [2.24, 2.45) is 0 Å². The van der Waals surface area contributed by atoms with E-state index in [-0.39, 0.29) is 0 Å². The van der Waals surface area contributed by atoms with Crippen molar-refractivity contribution in [2.75, 3.05) is 13.7 Å². The van der Waals surface area contributed by atoms with Crippen molar-refractivity contribution < 1.29 is 19.4 Å². The number of aromatic nitrogens is 1. The van der Waals surface area contributed by atoms with Crippen molar-refractivity contribution in [3.8, 4) is 11.5 Å². The second-order valence-corrected chi connectivity index (χ2v) is 7.23. The number of carbonyl (C=O) groups is 1. The second kappa shape index (κ2) is 9.12. The van der Waals surface area contributed by atoms with Gasteiger partial charge in [-0.15, -0.1) is 0 Å². The van der Waals surface area contributed by atoms with Crippen molar-refractivity contribution in [3.63, 3.8) is 0 Å². The summed E-state index contributed by atoms with van der Waals surface area (Å²) in [5.74, 6) is 0.363. The van der Waals surface area contributed by atoms with E-state index in [0.717, 1.165) is 26.5 Å². The minimum atomic E-state index is -0.886. The lowest BCUT2D eigenvalue weighted by Gasteiger charge is -2.17. The molecule has 0 aliphatic heterocycles. The molecule has 3 aromatic rings. The average molecular weight is 447 g/mol. The number of hydrogen-bond acceptors (Lipinski definition) is 4. The standard InChI is InChI=1S/C21H23BrN2O4/c1-3-28-19-9-13(8-16(22)20(19)27-2)11-23-18(21(25)26)10-14-12-24-17-7-5-4-6-15(14)17/h4-9,12,18,23-24H,3,10-11H2,1-2H3,(H,25,26). The van der Waals surface area contributed by atoms with E-state index in [4.69, 9.17) is 9.47 Å². The summed E-state index contributed by atoms with van der Waals surface area (Å²) in [4.78, 5) is 15.0. The van der Waals surface area contributed by atoms with Crippen LogP contribution in [0.5, 0.6) is 11.5 Å². The minimum absolute atomic E-state index is 0.384. The smallest absolute Gasteiger partial charge is 0.321 e. The molecule has 0 saturated heterocycles. The van der Waals surface area contributed by atoms with E-state index < -0.39 is 12.0 Å². The molecule has 3 N–H and O–H groups in total. The number of benzene rings is 2. The number of fused-ring (bicyclic) bond motifs is 1. The maximum Gasteiger partial charge on any atom is 0.321 e. The second-order valence-electron chi connectivity index (χ2n) is 6.38. The molecule has 1 unspecified atom stereocenters. The molecule has 7 heteroatoms. The number of halogens is 1. The first-order valence-electron chi connectivity index (χ1n) is 9.03. The van der Waals surface area contributed by atoms with Gasteiger partial charge in [-0.25, -0.2) is 0 Å². The van der Waals surface area contributed by atoms with Crippen LogP contribution in [0.15, 0.2) is 47.1 Å². The molecule has 2 aromatic carbocycles. The fourth-order valence-electron chi connectivity index (χ4n) is 3.19. The molecule has 28 heavy (non-hydrogen) atoms. The Morgan fingerprint density at radius 3 is 2.82 bits per heavy atom. The quantitative estimate of drug-likeness (QED) is 0.460. The molecule has 0 bridgehead atoms. The lowest BCUT2D eigenvalue weighted by Crippen LogP contribution is -2.38. The van der Waals surface area contributed by atoms with Gasteiger partial charge < -0.3 is 24.9 Å².